The number of hydrogen-bond acceptors (Lipinski definition) is 4. The van der Waals surface area contributed by atoms with E-state index in [1.165, 1.54) is 12.8 Å². The number of aromatic nitrogens is 1. The van der Waals surface area contributed by atoms with Crippen molar-refractivity contribution in [3.63, 3.8) is 0 Å². The second-order valence-electron chi connectivity index (χ2n) is 6.66. The molecule has 0 saturated carbocycles. The van der Waals surface area contributed by atoms with E-state index in [9.17, 15) is 0 Å². The van der Waals surface area contributed by atoms with E-state index in [4.69, 9.17) is 26.1 Å². The van der Waals surface area contributed by atoms with Gasteiger partial charge in [-0.2, -0.15) is 0 Å². The van der Waals surface area contributed by atoms with Crippen LogP contribution in [0.3, 0.4) is 0 Å². The molecule has 1 aromatic heterocycles. The van der Waals surface area contributed by atoms with Crippen LogP contribution in [0, 0.1) is 6.92 Å². The van der Waals surface area contributed by atoms with Crippen molar-refractivity contribution in [2.45, 2.75) is 45.1 Å². The molecule has 4 rings (SSSR count). The third-order valence-corrected chi connectivity index (χ3v) is 5.63. The van der Waals surface area contributed by atoms with Gasteiger partial charge in [0, 0.05) is 11.9 Å². The van der Waals surface area contributed by atoms with Crippen molar-refractivity contribution in [3.8, 4) is 0 Å². The maximum atomic E-state index is 6.65. The summed E-state index contributed by atoms with van der Waals surface area (Å²) in [5.41, 5.74) is 3.08. The fraction of sp³-hybridized carbons (Fsp3) is 0.526. The summed E-state index contributed by atoms with van der Waals surface area (Å²) in [6.45, 7) is 5.26. The Labute approximate surface area is 147 Å². The van der Waals surface area contributed by atoms with E-state index < -0.39 is 0 Å². The Bertz CT molecular complexity index is 731. The summed E-state index contributed by atoms with van der Waals surface area (Å²) in [4.78, 5) is 7.27. The van der Waals surface area contributed by atoms with Crippen LogP contribution in [0.5, 0.6) is 0 Å². The molecule has 128 valence electrons. The zero-order chi connectivity index (χ0) is 16.5. The van der Waals surface area contributed by atoms with E-state index in [1.54, 1.807) is 0 Å². The van der Waals surface area contributed by atoms with Crippen LogP contribution in [0.25, 0.3) is 10.9 Å². The average molecular weight is 347 g/mol. The first-order valence-electron chi connectivity index (χ1n) is 8.75. The summed E-state index contributed by atoms with van der Waals surface area (Å²) in [6.07, 6.45) is 3.43. The van der Waals surface area contributed by atoms with Crippen molar-refractivity contribution in [2.24, 2.45) is 0 Å². The highest BCUT2D eigenvalue weighted by atomic mass is 35.5. The maximum Gasteiger partial charge on any atom is 0.173 e. The minimum Gasteiger partial charge on any atom is -0.349 e. The number of likely N-dealkylation sites (tertiary alicyclic amines) is 1. The number of hydrogen-bond donors (Lipinski definition) is 0. The fourth-order valence-electron chi connectivity index (χ4n) is 3.83. The number of aryl methyl sites for hydroxylation is 1. The molecule has 0 spiro atoms. The molecule has 0 N–H and O–H groups in total. The predicted molar refractivity (Wildman–Crippen MR) is 95.2 cm³/mol. The van der Waals surface area contributed by atoms with Gasteiger partial charge in [-0.3, -0.25) is 4.90 Å². The molecule has 2 fully saturated rings. The molecule has 1 aromatic carbocycles. The summed E-state index contributed by atoms with van der Waals surface area (Å²) < 4.78 is 11.5. The first kappa shape index (κ1) is 16.3. The minimum absolute atomic E-state index is 0.106. The third kappa shape index (κ3) is 3.04. The van der Waals surface area contributed by atoms with Crippen LogP contribution >= 0.6 is 11.6 Å². The number of nitrogens with zero attached hydrogens (tertiary/aromatic N) is 2. The van der Waals surface area contributed by atoms with Gasteiger partial charge in [-0.25, -0.2) is 4.98 Å². The molecule has 24 heavy (non-hydrogen) atoms. The Morgan fingerprint density at radius 1 is 1.21 bits per heavy atom. The summed E-state index contributed by atoms with van der Waals surface area (Å²) in [5.74, 6) is 0. The number of ether oxygens (including phenoxy) is 2. The second kappa shape index (κ2) is 6.96. The van der Waals surface area contributed by atoms with Crippen LogP contribution in [0.15, 0.2) is 24.3 Å². The molecule has 3 heterocycles. The molecule has 2 aliphatic rings. The van der Waals surface area contributed by atoms with Crippen molar-refractivity contribution in [2.75, 3.05) is 19.8 Å². The topological polar surface area (TPSA) is 34.6 Å². The number of para-hydroxylation sites is 1. The normalized spacial score (nSPS) is 23.2. The van der Waals surface area contributed by atoms with Gasteiger partial charge in [-0.1, -0.05) is 36.2 Å². The zero-order valence-corrected chi connectivity index (χ0v) is 14.8. The molecule has 5 heteroatoms. The van der Waals surface area contributed by atoms with Gasteiger partial charge in [0.05, 0.1) is 35.5 Å². The molecule has 2 saturated heterocycles. The van der Waals surface area contributed by atoms with Crippen LogP contribution < -0.4 is 0 Å². The first-order valence-corrected chi connectivity index (χ1v) is 9.13. The van der Waals surface area contributed by atoms with Crippen molar-refractivity contribution in [3.05, 3.63) is 40.5 Å². The van der Waals surface area contributed by atoms with E-state index in [-0.39, 0.29) is 6.29 Å². The van der Waals surface area contributed by atoms with Gasteiger partial charge < -0.3 is 9.47 Å². The standard InChI is InChI=1S/C19H23ClN2O2/c1-13-14-6-2-3-7-15(14)21-16(18(13)20)12-22-9-5-4-8-17(22)19-23-10-11-24-19/h2-3,6-7,17,19H,4-5,8-12H2,1H3. The highest BCUT2D eigenvalue weighted by Crippen LogP contribution is 2.31. The lowest BCUT2D eigenvalue weighted by atomic mass is 10.0. The van der Waals surface area contributed by atoms with Crippen molar-refractivity contribution in [1.29, 1.82) is 0 Å². The molecule has 0 bridgehead atoms. The Kier molecular flexibility index (Phi) is 4.72. The van der Waals surface area contributed by atoms with Gasteiger partial charge in [0.25, 0.3) is 0 Å². The van der Waals surface area contributed by atoms with E-state index in [0.717, 1.165) is 46.7 Å². The Morgan fingerprint density at radius 3 is 2.83 bits per heavy atom. The van der Waals surface area contributed by atoms with E-state index >= 15 is 0 Å². The van der Waals surface area contributed by atoms with E-state index in [0.29, 0.717) is 19.3 Å². The van der Waals surface area contributed by atoms with Crippen LogP contribution in [0.1, 0.15) is 30.5 Å². The Morgan fingerprint density at radius 2 is 2.00 bits per heavy atom. The molecule has 1 unspecified atom stereocenters. The molecule has 0 amide bonds. The van der Waals surface area contributed by atoms with Gasteiger partial charge in [-0.15, -0.1) is 0 Å². The number of pyridine rings is 1. The molecule has 2 aliphatic heterocycles. The molecular weight excluding hydrogens is 324 g/mol. The highest BCUT2D eigenvalue weighted by molar-refractivity contribution is 6.32. The van der Waals surface area contributed by atoms with Crippen molar-refractivity contribution >= 4 is 22.5 Å². The van der Waals surface area contributed by atoms with Gasteiger partial charge in [0.1, 0.15) is 0 Å². The van der Waals surface area contributed by atoms with Crippen molar-refractivity contribution in [1.82, 2.24) is 9.88 Å². The van der Waals surface area contributed by atoms with Crippen LogP contribution in [0.2, 0.25) is 5.02 Å². The Hall–Kier alpha value is -1.20. The van der Waals surface area contributed by atoms with Crippen LogP contribution in [-0.2, 0) is 16.0 Å². The third-order valence-electron chi connectivity index (χ3n) is 5.12. The van der Waals surface area contributed by atoms with Crippen LogP contribution in [-0.4, -0.2) is 42.0 Å². The number of piperidine rings is 1. The molecule has 0 radical (unpaired) electrons. The fourth-order valence-corrected chi connectivity index (χ4v) is 4.04. The second-order valence-corrected chi connectivity index (χ2v) is 7.04. The van der Waals surface area contributed by atoms with Gasteiger partial charge in [0.15, 0.2) is 6.29 Å². The lowest BCUT2D eigenvalue weighted by molar-refractivity contribution is -0.111. The minimum atomic E-state index is -0.106. The zero-order valence-electron chi connectivity index (χ0n) is 14.0. The SMILES string of the molecule is Cc1c(Cl)c(CN2CCCCC2C2OCCO2)nc2ccccc12. The quantitative estimate of drug-likeness (QED) is 0.843. The number of benzene rings is 1. The van der Waals surface area contributed by atoms with Gasteiger partial charge in [-0.05, 0) is 37.9 Å². The number of rotatable bonds is 3. The summed E-state index contributed by atoms with van der Waals surface area (Å²) in [5, 5.41) is 1.91. The number of halogens is 1. The van der Waals surface area contributed by atoms with Crippen LogP contribution in [0.4, 0.5) is 0 Å². The van der Waals surface area contributed by atoms with Crippen molar-refractivity contribution < 1.29 is 9.47 Å². The monoisotopic (exact) mass is 346 g/mol. The maximum absolute atomic E-state index is 6.65. The average Bonchev–Trinajstić information content (AvgIpc) is 3.14. The predicted octanol–water partition coefficient (Wildman–Crippen LogP) is 3.92. The Balaban J connectivity index is 1.63. The summed E-state index contributed by atoms with van der Waals surface area (Å²) >= 11 is 6.65. The molecule has 4 nitrogen and oxygen atoms in total. The molecule has 1 atom stereocenters. The van der Waals surface area contributed by atoms with Gasteiger partial charge >= 0.3 is 0 Å². The molecular formula is C19H23ClN2O2. The van der Waals surface area contributed by atoms with Gasteiger partial charge in [0.2, 0.25) is 0 Å². The lowest BCUT2D eigenvalue weighted by Crippen LogP contribution is -2.46. The molecule has 0 aliphatic carbocycles. The number of fused-ring (bicyclic) bond motifs is 1. The lowest BCUT2D eigenvalue weighted by Gasteiger charge is -2.37. The largest absolute Gasteiger partial charge is 0.349 e. The van der Waals surface area contributed by atoms with E-state index in [1.807, 2.05) is 12.1 Å². The summed E-state index contributed by atoms with van der Waals surface area (Å²) in [6, 6.07) is 8.49. The summed E-state index contributed by atoms with van der Waals surface area (Å²) in [7, 11) is 0. The smallest absolute Gasteiger partial charge is 0.173 e. The highest BCUT2D eigenvalue weighted by Gasteiger charge is 2.34. The molecule has 2 aromatic rings. The first-order chi connectivity index (χ1) is 11.7. The van der Waals surface area contributed by atoms with E-state index in [2.05, 4.69) is 24.0 Å².